The maximum absolute atomic E-state index is 10.1. The molecule has 0 amide bonds. The summed E-state index contributed by atoms with van der Waals surface area (Å²) in [4.78, 5) is 20.2. The van der Waals surface area contributed by atoms with E-state index >= 15 is 0 Å². The van der Waals surface area contributed by atoms with Crippen LogP contribution in [-0.2, 0) is 9.59 Å². The van der Waals surface area contributed by atoms with Gasteiger partial charge in [0.2, 0.25) is 0 Å². The summed E-state index contributed by atoms with van der Waals surface area (Å²) in [7, 11) is 0. The minimum Gasteiger partial charge on any atom is -0.480 e. The molecule has 1 fully saturated rings. The molecule has 100 valence electrons. The Balaban J connectivity index is 0.000000302. The van der Waals surface area contributed by atoms with Gasteiger partial charge in [-0.05, 0) is 38.8 Å². The lowest BCUT2D eigenvalue weighted by molar-refractivity contribution is -0.139. The number of carbonyl (C=O) groups is 2. The topological polar surface area (TPSA) is 139 Å². The molecule has 1 unspecified atom stereocenters. The maximum Gasteiger partial charge on any atom is 0.320 e. The fraction of sp³-hybridized carbons (Fsp3) is 0.800. The molecule has 1 aliphatic heterocycles. The highest BCUT2D eigenvalue weighted by atomic mass is 16.4. The van der Waals surface area contributed by atoms with Crippen molar-refractivity contribution in [2.24, 2.45) is 11.5 Å². The van der Waals surface area contributed by atoms with Crippen molar-refractivity contribution in [3.05, 3.63) is 0 Å². The molecule has 2 atom stereocenters. The van der Waals surface area contributed by atoms with Gasteiger partial charge in [0.15, 0.2) is 0 Å². The van der Waals surface area contributed by atoms with E-state index in [2.05, 4.69) is 5.32 Å². The number of nitrogens with one attached hydrogen (secondary N) is 1. The molecule has 1 rings (SSSR count). The minimum atomic E-state index is -0.955. The van der Waals surface area contributed by atoms with Crippen LogP contribution in [0.2, 0.25) is 0 Å². The van der Waals surface area contributed by atoms with Crippen LogP contribution in [-0.4, -0.2) is 47.3 Å². The molecule has 0 aromatic heterocycles. The van der Waals surface area contributed by atoms with Crippen molar-refractivity contribution < 1.29 is 19.8 Å². The van der Waals surface area contributed by atoms with Crippen LogP contribution in [0, 0.1) is 0 Å². The Hall–Kier alpha value is -1.18. The Morgan fingerprint density at radius 1 is 1.41 bits per heavy atom. The van der Waals surface area contributed by atoms with Crippen LogP contribution in [0.25, 0.3) is 0 Å². The van der Waals surface area contributed by atoms with Crippen molar-refractivity contribution in [2.45, 2.75) is 37.8 Å². The van der Waals surface area contributed by atoms with Crippen molar-refractivity contribution >= 4 is 11.9 Å². The third-order valence-electron chi connectivity index (χ3n) is 2.39. The molecule has 0 aliphatic carbocycles. The second-order valence-electron chi connectivity index (χ2n) is 3.86. The second-order valence-corrected chi connectivity index (χ2v) is 3.86. The third kappa shape index (κ3) is 7.67. The molecule has 1 saturated heterocycles. The molecule has 0 radical (unpaired) electrons. The van der Waals surface area contributed by atoms with Crippen molar-refractivity contribution in [3.8, 4) is 0 Å². The Kier molecular flexibility index (Phi) is 8.29. The molecular formula is C10H21N3O4. The van der Waals surface area contributed by atoms with Crippen molar-refractivity contribution in [3.63, 3.8) is 0 Å². The van der Waals surface area contributed by atoms with Gasteiger partial charge in [-0.1, -0.05) is 0 Å². The lowest BCUT2D eigenvalue weighted by atomic mass is 10.2. The van der Waals surface area contributed by atoms with Crippen LogP contribution in [0.4, 0.5) is 0 Å². The summed E-state index contributed by atoms with van der Waals surface area (Å²) in [5, 5.41) is 19.5. The fourth-order valence-corrected chi connectivity index (χ4v) is 1.36. The highest BCUT2D eigenvalue weighted by Gasteiger charge is 2.20. The first-order valence-electron chi connectivity index (χ1n) is 5.63. The van der Waals surface area contributed by atoms with Gasteiger partial charge in [-0.15, -0.1) is 0 Å². The second kappa shape index (κ2) is 8.91. The number of carboxylic acid groups (broad SMARTS) is 2. The zero-order chi connectivity index (χ0) is 13.3. The lowest BCUT2D eigenvalue weighted by Crippen LogP contribution is -2.30. The van der Waals surface area contributed by atoms with Gasteiger partial charge >= 0.3 is 11.9 Å². The van der Waals surface area contributed by atoms with Gasteiger partial charge in [-0.3, -0.25) is 9.59 Å². The zero-order valence-electron chi connectivity index (χ0n) is 9.76. The van der Waals surface area contributed by atoms with E-state index in [0.717, 1.165) is 19.4 Å². The summed E-state index contributed by atoms with van der Waals surface area (Å²) >= 11 is 0. The smallest absolute Gasteiger partial charge is 0.320 e. The lowest BCUT2D eigenvalue weighted by Gasteiger charge is -2.02. The molecule has 7 heteroatoms. The highest BCUT2D eigenvalue weighted by molar-refractivity contribution is 5.73. The number of aliphatic carboxylic acids is 2. The van der Waals surface area contributed by atoms with E-state index in [1.807, 2.05) is 0 Å². The van der Waals surface area contributed by atoms with Crippen molar-refractivity contribution in [1.29, 1.82) is 0 Å². The van der Waals surface area contributed by atoms with E-state index < -0.39 is 18.0 Å². The molecule has 17 heavy (non-hydrogen) atoms. The Labute approximate surface area is 100 Å². The number of carboxylic acids is 2. The first-order valence-corrected chi connectivity index (χ1v) is 5.63. The predicted molar refractivity (Wildman–Crippen MR) is 62.6 cm³/mol. The maximum atomic E-state index is 10.1. The largest absolute Gasteiger partial charge is 0.480 e. The van der Waals surface area contributed by atoms with Crippen LogP contribution in [0.3, 0.4) is 0 Å². The molecule has 0 aromatic carbocycles. The molecule has 0 saturated carbocycles. The zero-order valence-corrected chi connectivity index (χ0v) is 9.76. The highest BCUT2D eigenvalue weighted by Crippen LogP contribution is 2.03. The number of rotatable bonds is 5. The summed E-state index contributed by atoms with van der Waals surface area (Å²) in [5.41, 5.74) is 10.3. The van der Waals surface area contributed by atoms with Crippen molar-refractivity contribution in [2.75, 3.05) is 13.1 Å². The van der Waals surface area contributed by atoms with Crippen LogP contribution in [0.15, 0.2) is 0 Å². The Morgan fingerprint density at radius 3 is 2.35 bits per heavy atom. The Bertz CT molecular complexity index is 242. The number of nitrogens with two attached hydrogens (primary N) is 2. The molecule has 7 N–H and O–H groups in total. The standard InChI is InChI=1S/C5H12N2O2.C5H9NO2/c6-3-1-2-4(7)5(8)9;7-5(8)4-2-1-3-6-4/h4H,1-3,6-7H2,(H,8,9);4,6H,1-3H2,(H,7,8)/t;4-/m.0/s1. The molecule has 7 nitrogen and oxygen atoms in total. The fourth-order valence-electron chi connectivity index (χ4n) is 1.36. The average molecular weight is 247 g/mol. The van der Waals surface area contributed by atoms with Gasteiger partial charge in [0.1, 0.15) is 12.1 Å². The van der Waals surface area contributed by atoms with Crippen LogP contribution in [0.1, 0.15) is 25.7 Å². The van der Waals surface area contributed by atoms with E-state index in [0.29, 0.717) is 19.4 Å². The molecular weight excluding hydrogens is 226 g/mol. The molecule has 0 aromatic rings. The minimum absolute atomic E-state index is 0.269. The summed E-state index contributed by atoms with van der Waals surface area (Å²) in [6.45, 7) is 1.36. The van der Waals surface area contributed by atoms with E-state index in [4.69, 9.17) is 21.7 Å². The van der Waals surface area contributed by atoms with Gasteiger partial charge in [0.05, 0.1) is 0 Å². The SMILES string of the molecule is NCCCC(N)C(=O)O.O=C(O)[C@@H]1CCCN1. The summed E-state index contributed by atoms with van der Waals surface area (Å²) in [5.74, 6) is -1.68. The van der Waals surface area contributed by atoms with E-state index in [1.165, 1.54) is 0 Å². The van der Waals surface area contributed by atoms with E-state index in [-0.39, 0.29) is 6.04 Å². The molecule has 1 heterocycles. The average Bonchev–Trinajstić information content (AvgIpc) is 2.80. The third-order valence-corrected chi connectivity index (χ3v) is 2.39. The van der Waals surface area contributed by atoms with Gasteiger partial charge in [-0.25, -0.2) is 0 Å². The van der Waals surface area contributed by atoms with Gasteiger partial charge < -0.3 is 27.0 Å². The number of hydrogen-bond acceptors (Lipinski definition) is 5. The molecule has 1 aliphatic rings. The first-order chi connectivity index (χ1) is 7.99. The van der Waals surface area contributed by atoms with E-state index in [9.17, 15) is 9.59 Å². The van der Waals surface area contributed by atoms with Crippen LogP contribution >= 0.6 is 0 Å². The quantitative estimate of drug-likeness (QED) is 0.418. The van der Waals surface area contributed by atoms with Crippen molar-refractivity contribution in [1.82, 2.24) is 5.32 Å². The normalized spacial score (nSPS) is 20.2. The van der Waals surface area contributed by atoms with Gasteiger partial charge in [0.25, 0.3) is 0 Å². The predicted octanol–water partition coefficient (Wildman–Crippen LogP) is -1.04. The Morgan fingerprint density at radius 2 is 2.06 bits per heavy atom. The summed E-state index contributed by atoms with van der Waals surface area (Å²) in [6.07, 6.45) is 2.92. The molecule has 0 spiro atoms. The van der Waals surface area contributed by atoms with Crippen LogP contribution in [0.5, 0.6) is 0 Å². The first kappa shape index (κ1) is 15.8. The van der Waals surface area contributed by atoms with Gasteiger partial charge in [-0.2, -0.15) is 0 Å². The summed E-state index contributed by atoms with van der Waals surface area (Å²) < 4.78 is 0. The van der Waals surface area contributed by atoms with E-state index in [1.54, 1.807) is 0 Å². The van der Waals surface area contributed by atoms with Crippen LogP contribution < -0.4 is 16.8 Å². The summed E-state index contributed by atoms with van der Waals surface area (Å²) in [6, 6.07) is -1.01. The monoisotopic (exact) mass is 247 g/mol. The molecule has 0 bridgehead atoms. The number of hydrogen-bond donors (Lipinski definition) is 5. The van der Waals surface area contributed by atoms with Gasteiger partial charge in [0, 0.05) is 0 Å².